The molecule has 1 aromatic carbocycles. The number of hydrogen-bond donors (Lipinski definition) is 1. The van der Waals surface area contributed by atoms with Crippen LogP contribution in [-0.4, -0.2) is 22.6 Å². The van der Waals surface area contributed by atoms with Crippen LogP contribution in [0.4, 0.5) is 4.39 Å². The van der Waals surface area contributed by atoms with E-state index in [1.165, 1.54) is 12.1 Å². The van der Waals surface area contributed by atoms with Gasteiger partial charge in [-0.15, -0.1) is 0 Å². The van der Waals surface area contributed by atoms with E-state index in [0.717, 1.165) is 49.3 Å². The van der Waals surface area contributed by atoms with Gasteiger partial charge in [0.25, 0.3) is 0 Å². The predicted molar refractivity (Wildman–Crippen MR) is 70.2 cm³/mol. The van der Waals surface area contributed by atoms with Crippen LogP contribution in [-0.2, 0) is 6.54 Å². The lowest BCUT2D eigenvalue weighted by atomic mass is 10.1. The number of fused-ring (bicyclic) bond motifs is 1. The van der Waals surface area contributed by atoms with E-state index >= 15 is 0 Å². The van der Waals surface area contributed by atoms with Crippen molar-refractivity contribution in [1.82, 2.24) is 14.9 Å². The van der Waals surface area contributed by atoms with Crippen LogP contribution in [0.15, 0.2) is 18.2 Å². The van der Waals surface area contributed by atoms with Crippen LogP contribution in [0.1, 0.15) is 31.5 Å². The summed E-state index contributed by atoms with van der Waals surface area (Å²) in [5.41, 5.74) is 1.84. The zero-order valence-electron chi connectivity index (χ0n) is 10.6. The van der Waals surface area contributed by atoms with E-state index < -0.39 is 0 Å². The van der Waals surface area contributed by atoms with E-state index in [1.54, 1.807) is 0 Å². The van der Waals surface area contributed by atoms with Crippen molar-refractivity contribution in [3.8, 4) is 0 Å². The average Bonchev–Trinajstić information content (AvgIpc) is 2.97. The Labute approximate surface area is 106 Å². The summed E-state index contributed by atoms with van der Waals surface area (Å²) in [5, 5.41) is 3.37. The number of benzene rings is 1. The van der Waals surface area contributed by atoms with Crippen LogP contribution in [0.25, 0.3) is 11.0 Å². The highest BCUT2D eigenvalue weighted by molar-refractivity contribution is 5.76. The molecule has 2 heterocycles. The van der Waals surface area contributed by atoms with Gasteiger partial charge in [0.2, 0.25) is 0 Å². The average molecular weight is 247 g/mol. The summed E-state index contributed by atoms with van der Waals surface area (Å²) in [4.78, 5) is 4.66. The Balaban J connectivity index is 2.13. The molecule has 0 bridgehead atoms. The second-order valence-corrected chi connectivity index (χ2v) is 4.94. The SMILES string of the molecule is CCCn1c(C2CCNC2)nc2cc(F)ccc21. The molecule has 1 saturated heterocycles. The molecule has 0 radical (unpaired) electrons. The van der Waals surface area contributed by atoms with E-state index in [4.69, 9.17) is 0 Å². The minimum absolute atomic E-state index is 0.209. The van der Waals surface area contributed by atoms with E-state index in [1.807, 2.05) is 6.07 Å². The molecular weight excluding hydrogens is 229 g/mol. The van der Waals surface area contributed by atoms with Gasteiger partial charge in [-0.1, -0.05) is 6.92 Å². The van der Waals surface area contributed by atoms with E-state index in [-0.39, 0.29) is 5.82 Å². The van der Waals surface area contributed by atoms with Crippen molar-refractivity contribution >= 4 is 11.0 Å². The third kappa shape index (κ3) is 1.90. The standard InChI is InChI=1S/C14H18FN3/c1-2-7-18-13-4-3-11(15)8-12(13)17-14(18)10-5-6-16-9-10/h3-4,8,10,16H,2,5-7,9H2,1H3. The largest absolute Gasteiger partial charge is 0.328 e. The molecule has 0 saturated carbocycles. The third-order valence-electron chi connectivity index (χ3n) is 3.61. The molecule has 1 N–H and O–H groups in total. The molecule has 1 aromatic heterocycles. The van der Waals surface area contributed by atoms with Gasteiger partial charge in [0.15, 0.2) is 0 Å². The van der Waals surface area contributed by atoms with Gasteiger partial charge >= 0.3 is 0 Å². The van der Waals surface area contributed by atoms with Gasteiger partial charge in [0.05, 0.1) is 11.0 Å². The highest BCUT2D eigenvalue weighted by atomic mass is 19.1. The summed E-state index contributed by atoms with van der Waals surface area (Å²) >= 11 is 0. The number of rotatable bonds is 3. The molecule has 1 fully saturated rings. The lowest BCUT2D eigenvalue weighted by Gasteiger charge is -2.12. The summed E-state index contributed by atoms with van der Waals surface area (Å²) in [6.07, 6.45) is 2.19. The molecular formula is C14H18FN3. The molecule has 1 aliphatic heterocycles. The van der Waals surface area contributed by atoms with Crippen LogP contribution in [0.3, 0.4) is 0 Å². The number of aryl methyl sites for hydroxylation is 1. The number of nitrogens with one attached hydrogen (secondary N) is 1. The minimum atomic E-state index is -0.209. The lowest BCUT2D eigenvalue weighted by molar-refractivity contribution is 0.600. The van der Waals surface area contributed by atoms with Crippen LogP contribution in [0.2, 0.25) is 0 Å². The first-order chi connectivity index (χ1) is 8.79. The fourth-order valence-electron chi connectivity index (χ4n) is 2.77. The van der Waals surface area contributed by atoms with Crippen LogP contribution < -0.4 is 5.32 Å². The van der Waals surface area contributed by atoms with E-state index in [9.17, 15) is 4.39 Å². The minimum Gasteiger partial charge on any atom is -0.328 e. The Bertz CT molecular complexity index is 555. The van der Waals surface area contributed by atoms with Crippen LogP contribution >= 0.6 is 0 Å². The number of halogens is 1. The van der Waals surface area contributed by atoms with Crippen LogP contribution in [0.5, 0.6) is 0 Å². The van der Waals surface area contributed by atoms with Crippen molar-refractivity contribution in [2.45, 2.75) is 32.2 Å². The van der Waals surface area contributed by atoms with Gasteiger partial charge < -0.3 is 9.88 Å². The van der Waals surface area contributed by atoms with Crippen molar-refractivity contribution in [1.29, 1.82) is 0 Å². The van der Waals surface area contributed by atoms with Crippen LogP contribution in [0, 0.1) is 5.82 Å². The fraction of sp³-hybridized carbons (Fsp3) is 0.500. The second-order valence-electron chi connectivity index (χ2n) is 4.94. The molecule has 1 unspecified atom stereocenters. The maximum absolute atomic E-state index is 13.3. The first-order valence-corrected chi connectivity index (χ1v) is 6.66. The van der Waals surface area contributed by atoms with Crippen molar-refractivity contribution < 1.29 is 4.39 Å². The Morgan fingerprint density at radius 1 is 1.50 bits per heavy atom. The molecule has 1 aliphatic rings. The molecule has 18 heavy (non-hydrogen) atoms. The molecule has 96 valence electrons. The molecule has 0 spiro atoms. The van der Waals surface area contributed by atoms with Gasteiger partial charge in [0.1, 0.15) is 11.6 Å². The quantitative estimate of drug-likeness (QED) is 0.903. The summed E-state index contributed by atoms with van der Waals surface area (Å²) in [5.74, 6) is 1.37. The smallest absolute Gasteiger partial charge is 0.125 e. The Kier molecular flexibility index (Phi) is 3.04. The highest BCUT2D eigenvalue weighted by Gasteiger charge is 2.23. The van der Waals surface area contributed by atoms with Gasteiger partial charge in [-0.05, 0) is 31.5 Å². The van der Waals surface area contributed by atoms with Crippen molar-refractivity contribution in [3.05, 3.63) is 29.8 Å². The summed E-state index contributed by atoms with van der Waals surface area (Å²) < 4.78 is 15.5. The van der Waals surface area contributed by atoms with Crippen molar-refractivity contribution in [3.63, 3.8) is 0 Å². The number of hydrogen-bond acceptors (Lipinski definition) is 2. The Morgan fingerprint density at radius 3 is 3.11 bits per heavy atom. The fourth-order valence-corrected chi connectivity index (χ4v) is 2.77. The molecule has 0 aliphatic carbocycles. The first kappa shape index (κ1) is 11.7. The second kappa shape index (κ2) is 4.69. The number of aromatic nitrogens is 2. The zero-order valence-corrected chi connectivity index (χ0v) is 10.6. The topological polar surface area (TPSA) is 29.9 Å². The maximum atomic E-state index is 13.3. The number of imidazole rings is 1. The van der Waals surface area contributed by atoms with E-state index in [2.05, 4.69) is 21.8 Å². The Morgan fingerprint density at radius 2 is 2.39 bits per heavy atom. The summed E-state index contributed by atoms with van der Waals surface area (Å²) in [6.45, 7) is 5.14. The first-order valence-electron chi connectivity index (χ1n) is 6.66. The van der Waals surface area contributed by atoms with Gasteiger partial charge in [-0.3, -0.25) is 0 Å². The number of nitrogens with zero attached hydrogens (tertiary/aromatic N) is 2. The zero-order chi connectivity index (χ0) is 12.5. The highest BCUT2D eigenvalue weighted by Crippen LogP contribution is 2.26. The molecule has 2 aromatic rings. The lowest BCUT2D eigenvalue weighted by Crippen LogP contribution is -2.12. The van der Waals surface area contributed by atoms with Gasteiger partial charge in [-0.2, -0.15) is 0 Å². The summed E-state index contributed by atoms with van der Waals surface area (Å²) in [6, 6.07) is 4.90. The molecule has 1 atom stereocenters. The third-order valence-corrected chi connectivity index (χ3v) is 3.61. The summed E-state index contributed by atoms with van der Waals surface area (Å²) in [7, 11) is 0. The van der Waals surface area contributed by atoms with Gasteiger partial charge in [-0.25, -0.2) is 9.37 Å². The van der Waals surface area contributed by atoms with Crippen molar-refractivity contribution in [2.24, 2.45) is 0 Å². The normalized spacial score (nSPS) is 19.8. The Hall–Kier alpha value is -1.42. The van der Waals surface area contributed by atoms with Crippen molar-refractivity contribution in [2.75, 3.05) is 13.1 Å². The monoisotopic (exact) mass is 247 g/mol. The molecule has 3 nitrogen and oxygen atoms in total. The molecule has 0 amide bonds. The molecule has 3 rings (SSSR count). The maximum Gasteiger partial charge on any atom is 0.125 e. The predicted octanol–water partition coefficient (Wildman–Crippen LogP) is 2.66. The van der Waals surface area contributed by atoms with E-state index in [0.29, 0.717) is 5.92 Å². The van der Waals surface area contributed by atoms with Gasteiger partial charge in [0, 0.05) is 25.1 Å². The molecule has 4 heteroatoms.